The van der Waals surface area contributed by atoms with Crippen LogP contribution in [0.1, 0.15) is 11.5 Å². The van der Waals surface area contributed by atoms with Crippen molar-refractivity contribution in [3.63, 3.8) is 0 Å². The third-order valence-corrected chi connectivity index (χ3v) is 4.23. The summed E-state index contributed by atoms with van der Waals surface area (Å²) in [5.41, 5.74) is 2.05. The summed E-state index contributed by atoms with van der Waals surface area (Å²) in [5.74, 6) is -0.323. The third kappa shape index (κ3) is 7.26. The van der Waals surface area contributed by atoms with Gasteiger partial charge in [-0.25, -0.2) is 9.78 Å². The van der Waals surface area contributed by atoms with Crippen LogP contribution in [0.25, 0.3) is 11.1 Å². The first-order valence-corrected chi connectivity index (χ1v) is 9.48. The number of aliphatic carboxylic acids is 1. The van der Waals surface area contributed by atoms with Gasteiger partial charge in [-0.1, -0.05) is 24.3 Å². The standard InChI is InChI=1S/C21H21F3N2O5/c22-21(23,24)13-30-18(20(27)28)11-14-5-7-15(8-6-14)29-10-9-25-12-19-26-16-3-1-2-4-17(16)31-19/h1-8,18,25H,9-13H2,(H,27,28)/t18-/m0/s1. The highest BCUT2D eigenvalue weighted by Gasteiger charge is 2.31. The first kappa shape index (κ1) is 22.6. The number of nitrogens with one attached hydrogen (secondary N) is 1. The topological polar surface area (TPSA) is 93.8 Å². The van der Waals surface area contributed by atoms with Crippen molar-refractivity contribution < 1.29 is 37.0 Å². The second-order valence-corrected chi connectivity index (χ2v) is 6.70. The van der Waals surface area contributed by atoms with Gasteiger partial charge in [0.25, 0.3) is 0 Å². The van der Waals surface area contributed by atoms with E-state index in [4.69, 9.17) is 14.3 Å². The molecule has 0 saturated heterocycles. The van der Waals surface area contributed by atoms with Crippen molar-refractivity contribution in [2.45, 2.75) is 25.2 Å². The molecule has 3 aromatic rings. The Bertz CT molecular complexity index is 956. The van der Waals surface area contributed by atoms with Gasteiger partial charge in [-0.2, -0.15) is 13.2 Å². The normalized spacial score (nSPS) is 12.7. The summed E-state index contributed by atoms with van der Waals surface area (Å²) < 4.78 is 52.4. The number of aromatic nitrogens is 1. The number of para-hydroxylation sites is 2. The zero-order chi connectivity index (χ0) is 22.3. The Labute approximate surface area is 175 Å². The van der Waals surface area contributed by atoms with Crippen LogP contribution in [-0.4, -0.2) is 48.1 Å². The molecule has 1 aromatic heterocycles. The van der Waals surface area contributed by atoms with E-state index in [0.29, 0.717) is 36.9 Å². The Morgan fingerprint density at radius 1 is 1.16 bits per heavy atom. The number of carbonyl (C=O) groups is 1. The highest BCUT2D eigenvalue weighted by molar-refractivity contribution is 5.73. The molecule has 0 saturated carbocycles. The van der Waals surface area contributed by atoms with Crippen LogP contribution in [0, 0.1) is 0 Å². The Morgan fingerprint density at radius 3 is 2.58 bits per heavy atom. The summed E-state index contributed by atoms with van der Waals surface area (Å²) in [6.45, 7) is -0.258. The Kier molecular flexibility index (Phi) is 7.48. The zero-order valence-electron chi connectivity index (χ0n) is 16.4. The van der Waals surface area contributed by atoms with Crippen molar-refractivity contribution in [3.05, 3.63) is 60.0 Å². The Morgan fingerprint density at radius 2 is 1.90 bits per heavy atom. The summed E-state index contributed by atoms with van der Waals surface area (Å²) in [5, 5.41) is 12.2. The number of carboxylic acids is 1. The molecule has 0 spiro atoms. The van der Waals surface area contributed by atoms with Crippen molar-refractivity contribution in [1.82, 2.24) is 10.3 Å². The fraction of sp³-hybridized carbons (Fsp3) is 0.333. The van der Waals surface area contributed by atoms with E-state index in [0.717, 1.165) is 11.1 Å². The van der Waals surface area contributed by atoms with Crippen LogP contribution in [0.3, 0.4) is 0 Å². The first-order chi connectivity index (χ1) is 14.8. The second-order valence-electron chi connectivity index (χ2n) is 6.70. The maximum atomic E-state index is 12.2. The van der Waals surface area contributed by atoms with E-state index >= 15 is 0 Å². The molecule has 1 atom stereocenters. The van der Waals surface area contributed by atoms with Crippen LogP contribution in [-0.2, 0) is 22.5 Å². The number of carboxylic acid groups (broad SMARTS) is 1. The zero-order valence-corrected chi connectivity index (χ0v) is 16.4. The van der Waals surface area contributed by atoms with Crippen LogP contribution in [0.5, 0.6) is 5.75 Å². The van der Waals surface area contributed by atoms with E-state index in [1.165, 1.54) is 0 Å². The molecule has 0 bridgehead atoms. The number of benzene rings is 2. The number of halogens is 3. The van der Waals surface area contributed by atoms with Gasteiger partial charge in [0.2, 0.25) is 5.89 Å². The largest absolute Gasteiger partial charge is 0.492 e. The maximum absolute atomic E-state index is 12.2. The molecule has 31 heavy (non-hydrogen) atoms. The average Bonchev–Trinajstić information content (AvgIpc) is 3.14. The molecule has 1 heterocycles. The van der Waals surface area contributed by atoms with Gasteiger partial charge in [0.15, 0.2) is 11.7 Å². The van der Waals surface area contributed by atoms with Crippen LogP contribution < -0.4 is 10.1 Å². The lowest BCUT2D eigenvalue weighted by Gasteiger charge is -2.15. The summed E-state index contributed by atoms with van der Waals surface area (Å²) in [6.07, 6.45) is -6.35. The van der Waals surface area contributed by atoms with E-state index in [1.54, 1.807) is 24.3 Å². The molecule has 0 aliphatic heterocycles. The number of fused-ring (bicyclic) bond motifs is 1. The number of rotatable bonds is 11. The number of oxazole rings is 1. The SMILES string of the molecule is O=C(O)[C@H](Cc1ccc(OCCNCc2nc3ccccc3o2)cc1)OCC(F)(F)F. The van der Waals surface area contributed by atoms with Crippen molar-refractivity contribution >= 4 is 17.1 Å². The van der Waals surface area contributed by atoms with Crippen molar-refractivity contribution in [2.75, 3.05) is 19.8 Å². The monoisotopic (exact) mass is 438 g/mol. The highest BCUT2D eigenvalue weighted by Crippen LogP contribution is 2.18. The molecule has 0 fully saturated rings. The van der Waals surface area contributed by atoms with Gasteiger partial charge in [0, 0.05) is 13.0 Å². The molecule has 166 valence electrons. The molecule has 0 unspecified atom stereocenters. The Hall–Kier alpha value is -3.11. The highest BCUT2D eigenvalue weighted by atomic mass is 19.4. The minimum atomic E-state index is -4.58. The number of hydrogen-bond acceptors (Lipinski definition) is 6. The average molecular weight is 438 g/mol. The van der Waals surface area contributed by atoms with E-state index in [-0.39, 0.29) is 6.42 Å². The Balaban J connectivity index is 1.40. The predicted molar refractivity (Wildman–Crippen MR) is 105 cm³/mol. The van der Waals surface area contributed by atoms with E-state index in [9.17, 15) is 18.0 Å². The van der Waals surface area contributed by atoms with E-state index in [1.807, 2.05) is 24.3 Å². The summed E-state index contributed by atoms with van der Waals surface area (Å²) in [4.78, 5) is 15.5. The number of hydrogen-bond donors (Lipinski definition) is 2. The lowest BCUT2D eigenvalue weighted by molar-refractivity contribution is -0.192. The summed E-state index contributed by atoms with van der Waals surface area (Å²) in [6, 6.07) is 13.9. The molecule has 0 amide bonds. The van der Waals surface area contributed by atoms with Crippen molar-refractivity contribution in [1.29, 1.82) is 0 Å². The molecular weight excluding hydrogens is 417 g/mol. The third-order valence-electron chi connectivity index (χ3n) is 4.23. The van der Waals surface area contributed by atoms with Crippen molar-refractivity contribution in [2.24, 2.45) is 0 Å². The molecule has 3 rings (SSSR count). The van der Waals surface area contributed by atoms with Crippen LogP contribution in [0.15, 0.2) is 52.9 Å². The van der Waals surface area contributed by atoms with Gasteiger partial charge in [0.1, 0.15) is 24.5 Å². The number of nitrogens with zero attached hydrogens (tertiary/aromatic N) is 1. The molecule has 7 nitrogen and oxygen atoms in total. The van der Waals surface area contributed by atoms with Gasteiger partial charge in [-0.15, -0.1) is 0 Å². The molecule has 0 aliphatic rings. The molecule has 0 radical (unpaired) electrons. The van der Waals surface area contributed by atoms with Gasteiger partial charge in [0.05, 0.1) is 6.54 Å². The first-order valence-electron chi connectivity index (χ1n) is 9.48. The van der Waals surface area contributed by atoms with Crippen LogP contribution in [0.4, 0.5) is 13.2 Å². The minimum absolute atomic E-state index is 0.183. The fourth-order valence-electron chi connectivity index (χ4n) is 2.78. The molecule has 2 N–H and O–H groups in total. The number of ether oxygens (including phenoxy) is 2. The molecule has 2 aromatic carbocycles. The lowest BCUT2D eigenvalue weighted by atomic mass is 10.1. The lowest BCUT2D eigenvalue weighted by Crippen LogP contribution is -2.31. The van der Waals surface area contributed by atoms with Crippen LogP contribution in [0.2, 0.25) is 0 Å². The minimum Gasteiger partial charge on any atom is -0.492 e. The van der Waals surface area contributed by atoms with Crippen molar-refractivity contribution in [3.8, 4) is 5.75 Å². The van der Waals surface area contributed by atoms with Gasteiger partial charge >= 0.3 is 12.1 Å². The van der Waals surface area contributed by atoms with Gasteiger partial charge < -0.3 is 24.3 Å². The second kappa shape index (κ2) is 10.3. The van der Waals surface area contributed by atoms with Gasteiger partial charge in [-0.3, -0.25) is 0 Å². The van der Waals surface area contributed by atoms with Gasteiger partial charge in [-0.05, 0) is 29.8 Å². The van der Waals surface area contributed by atoms with E-state index in [2.05, 4.69) is 15.0 Å². The number of alkyl halides is 3. The molecule has 0 aliphatic carbocycles. The van der Waals surface area contributed by atoms with Crippen LogP contribution >= 0.6 is 0 Å². The predicted octanol–water partition coefficient (Wildman–Crippen LogP) is 3.57. The summed E-state index contributed by atoms with van der Waals surface area (Å²) >= 11 is 0. The molecular formula is C21H21F3N2O5. The van der Waals surface area contributed by atoms with E-state index < -0.39 is 24.9 Å². The smallest absolute Gasteiger partial charge is 0.411 e. The summed E-state index contributed by atoms with van der Waals surface area (Å²) in [7, 11) is 0. The maximum Gasteiger partial charge on any atom is 0.411 e. The quantitative estimate of drug-likeness (QED) is 0.442. The molecule has 10 heteroatoms. The fourth-order valence-corrected chi connectivity index (χ4v) is 2.78.